The van der Waals surface area contributed by atoms with E-state index in [0.29, 0.717) is 13.0 Å². The van der Waals surface area contributed by atoms with Crippen molar-refractivity contribution in [3.63, 3.8) is 0 Å². The molecule has 0 radical (unpaired) electrons. The van der Waals surface area contributed by atoms with E-state index in [9.17, 15) is 4.79 Å². The van der Waals surface area contributed by atoms with E-state index in [4.69, 9.17) is 0 Å². The van der Waals surface area contributed by atoms with Crippen LogP contribution in [-0.2, 0) is 11.3 Å². The molecule has 0 atom stereocenters. The molecule has 0 aliphatic rings. The Morgan fingerprint density at radius 2 is 2.13 bits per heavy atom. The maximum absolute atomic E-state index is 10.1. The molecule has 0 unspecified atom stereocenters. The molecule has 0 saturated carbocycles. The minimum absolute atomic E-state index is 0.555. The molecule has 5 heteroatoms. The molecule has 0 saturated heterocycles. The smallest absolute Gasteiger partial charge is 0.207 e. The van der Waals surface area contributed by atoms with E-state index in [1.54, 1.807) is 0 Å². The van der Waals surface area contributed by atoms with Gasteiger partial charge in [-0.05, 0) is 17.1 Å². The number of amides is 1. The Morgan fingerprint density at radius 3 is 2.73 bits per heavy atom. The van der Waals surface area contributed by atoms with Crippen molar-refractivity contribution >= 4 is 17.9 Å². The summed E-state index contributed by atoms with van der Waals surface area (Å²) in [5.41, 5.74) is 2.99. The average molecular weight is 219 g/mol. The third kappa shape index (κ3) is 2.38. The zero-order valence-electron chi connectivity index (χ0n) is 7.88. The first-order valence-corrected chi connectivity index (χ1v) is 5.27. The second-order valence-corrected chi connectivity index (χ2v) is 3.60. The Bertz CT molecular complexity index is 424. The molecular formula is C10H9N3OS. The third-order valence-electron chi connectivity index (χ3n) is 2.00. The van der Waals surface area contributed by atoms with E-state index < -0.39 is 0 Å². The zero-order valence-corrected chi connectivity index (χ0v) is 8.70. The van der Waals surface area contributed by atoms with Gasteiger partial charge in [-0.3, -0.25) is 4.79 Å². The fraction of sp³-hybridized carbons (Fsp3) is 0.100. The summed E-state index contributed by atoms with van der Waals surface area (Å²) < 4.78 is 3.80. The minimum atomic E-state index is 0.555. The summed E-state index contributed by atoms with van der Waals surface area (Å²) in [6.07, 6.45) is 0.693. The van der Waals surface area contributed by atoms with Crippen molar-refractivity contribution in [2.45, 2.75) is 6.54 Å². The van der Waals surface area contributed by atoms with Crippen LogP contribution < -0.4 is 5.32 Å². The van der Waals surface area contributed by atoms with Crippen LogP contribution in [0.15, 0.2) is 29.6 Å². The molecular weight excluding hydrogens is 210 g/mol. The number of nitrogens with zero attached hydrogens (tertiary/aromatic N) is 2. The van der Waals surface area contributed by atoms with Crippen molar-refractivity contribution in [1.29, 1.82) is 0 Å². The van der Waals surface area contributed by atoms with Gasteiger partial charge in [0.15, 0.2) is 0 Å². The Kier molecular flexibility index (Phi) is 3.04. The molecule has 1 heterocycles. The van der Waals surface area contributed by atoms with E-state index in [1.807, 2.05) is 29.6 Å². The molecule has 1 N–H and O–H groups in total. The van der Waals surface area contributed by atoms with E-state index in [-0.39, 0.29) is 0 Å². The first-order valence-electron chi connectivity index (χ1n) is 4.43. The Balaban J connectivity index is 2.14. The van der Waals surface area contributed by atoms with Gasteiger partial charge in [-0.1, -0.05) is 28.8 Å². The van der Waals surface area contributed by atoms with Crippen molar-refractivity contribution in [3.05, 3.63) is 35.2 Å². The number of carbonyl (C=O) groups is 1. The molecule has 76 valence electrons. The van der Waals surface area contributed by atoms with Crippen molar-refractivity contribution in [3.8, 4) is 11.3 Å². The Labute approximate surface area is 91.1 Å². The molecule has 1 amide bonds. The summed E-state index contributed by atoms with van der Waals surface area (Å²) in [6, 6.07) is 7.87. The third-order valence-corrected chi connectivity index (χ3v) is 2.50. The molecule has 0 spiro atoms. The van der Waals surface area contributed by atoms with Gasteiger partial charge in [0.2, 0.25) is 6.41 Å². The topological polar surface area (TPSA) is 54.9 Å². The van der Waals surface area contributed by atoms with E-state index in [0.717, 1.165) is 16.8 Å². The molecule has 0 fully saturated rings. The lowest BCUT2D eigenvalue weighted by Crippen LogP contribution is -2.09. The standard InChI is InChI=1S/C10H9N3OS/c14-7-11-5-8-1-3-9(4-2-8)10-6-15-13-12-10/h1-4,6-7H,5H2,(H,11,14). The quantitative estimate of drug-likeness (QED) is 0.792. The summed E-state index contributed by atoms with van der Waals surface area (Å²) in [5, 5.41) is 8.49. The van der Waals surface area contributed by atoms with Gasteiger partial charge in [0, 0.05) is 17.5 Å². The molecule has 15 heavy (non-hydrogen) atoms. The molecule has 1 aromatic heterocycles. The van der Waals surface area contributed by atoms with E-state index in [1.165, 1.54) is 11.5 Å². The van der Waals surface area contributed by atoms with Crippen molar-refractivity contribution in [2.75, 3.05) is 0 Å². The fourth-order valence-electron chi connectivity index (χ4n) is 1.24. The maximum Gasteiger partial charge on any atom is 0.207 e. The minimum Gasteiger partial charge on any atom is -0.355 e. The number of hydrogen-bond acceptors (Lipinski definition) is 4. The summed E-state index contributed by atoms with van der Waals surface area (Å²) in [4.78, 5) is 10.1. The number of rotatable bonds is 4. The second-order valence-electron chi connectivity index (χ2n) is 2.99. The molecule has 0 bridgehead atoms. The molecule has 0 aliphatic carbocycles. The Hall–Kier alpha value is -1.75. The van der Waals surface area contributed by atoms with Crippen molar-refractivity contribution < 1.29 is 4.79 Å². The highest BCUT2D eigenvalue weighted by molar-refractivity contribution is 7.03. The van der Waals surface area contributed by atoms with E-state index in [2.05, 4.69) is 14.9 Å². The number of hydrogen-bond donors (Lipinski definition) is 1. The van der Waals surface area contributed by atoms with Gasteiger partial charge in [0.1, 0.15) is 5.69 Å². The van der Waals surface area contributed by atoms with Gasteiger partial charge in [-0.15, -0.1) is 5.10 Å². The van der Waals surface area contributed by atoms with Crippen LogP contribution in [0.2, 0.25) is 0 Å². The maximum atomic E-state index is 10.1. The number of aromatic nitrogens is 2. The Morgan fingerprint density at radius 1 is 1.33 bits per heavy atom. The summed E-state index contributed by atoms with van der Waals surface area (Å²) in [5.74, 6) is 0. The first-order chi connectivity index (χ1) is 7.40. The van der Waals surface area contributed by atoms with Gasteiger partial charge in [0.05, 0.1) is 0 Å². The van der Waals surface area contributed by atoms with Gasteiger partial charge in [-0.25, -0.2) is 0 Å². The lowest BCUT2D eigenvalue weighted by atomic mass is 10.1. The fourth-order valence-corrected chi connectivity index (χ4v) is 1.71. The van der Waals surface area contributed by atoms with Crippen LogP contribution in [0.3, 0.4) is 0 Å². The van der Waals surface area contributed by atoms with Crippen LogP contribution in [0.1, 0.15) is 5.56 Å². The van der Waals surface area contributed by atoms with Crippen LogP contribution in [0, 0.1) is 0 Å². The SMILES string of the molecule is O=CNCc1ccc(-c2csnn2)cc1. The molecule has 0 aliphatic heterocycles. The second kappa shape index (κ2) is 4.65. The number of benzene rings is 1. The van der Waals surface area contributed by atoms with E-state index >= 15 is 0 Å². The lowest BCUT2D eigenvalue weighted by Gasteiger charge is -2.00. The van der Waals surface area contributed by atoms with Gasteiger partial charge >= 0.3 is 0 Å². The number of carbonyl (C=O) groups excluding carboxylic acids is 1. The highest BCUT2D eigenvalue weighted by Gasteiger charge is 2.00. The summed E-state index contributed by atoms with van der Waals surface area (Å²) in [7, 11) is 0. The normalized spacial score (nSPS) is 9.87. The van der Waals surface area contributed by atoms with Crippen molar-refractivity contribution in [2.24, 2.45) is 0 Å². The summed E-state index contributed by atoms with van der Waals surface area (Å²) in [6.45, 7) is 0.555. The highest BCUT2D eigenvalue weighted by Crippen LogP contribution is 2.17. The molecule has 1 aromatic carbocycles. The monoisotopic (exact) mass is 219 g/mol. The molecule has 2 aromatic rings. The van der Waals surface area contributed by atoms with Crippen LogP contribution in [0.5, 0.6) is 0 Å². The summed E-state index contributed by atoms with van der Waals surface area (Å²) >= 11 is 1.33. The van der Waals surface area contributed by atoms with Crippen LogP contribution in [0.4, 0.5) is 0 Å². The average Bonchev–Trinajstić information content (AvgIpc) is 2.80. The number of nitrogens with one attached hydrogen (secondary N) is 1. The molecule has 2 rings (SSSR count). The van der Waals surface area contributed by atoms with Crippen LogP contribution >= 0.6 is 11.5 Å². The van der Waals surface area contributed by atoms with Gasteiger partial charge in [-0.2, -0.15) is 0 Å². The van der Waals surface area contributed by atoms with Gasteiger partial charge < -0.3 is 5.32 Å². The van der Waals surface area contributed by atoms with Crippen LogP contribution in [0.25, 0.3) is 11.3 Å². The van der Waals surface area contributed by atoms with Crippen molar-refractivity contribution in [1.82, 2.24) is 14.9 Å². The largest absolute Gasteiger partial charge is 0.355 e. The molecule has 4 nitrogen and oxygen atoms in total. The highest BCUT2D eigenvalue weighted by atomic mass is 32.1. The lowest BCUT2D eigenvalue weighted by molar-refractivity contribution is -0.109. The zero-order chi connectivity index (χ0) is 10.5. The predicted molar refractivity (Wildman–Crippen MR) is 58.2 cm³/mol. The first kappa shape index (κ1) is 9.79. The predicted octanol–water partition coefficient (Wildman–Crippen LogP) is 1.45. The van der Waals surface area contributed by atoms with Crippen LogP contribution in [-0.4, -0.2) is 16.0 Å². The van der Waals surface area contributed by atoms with Gasteiger partial charge in [0.25, 0.3) is 0 Å².